The van der Waals surface area contributed by atoms with Gasteiger partial charge in [0.1, 0.15) is 0 Å². The molecule has 1 aromatic rings. The van der Waals surface area contributed by atoms with Crippen LogP contribution in [0.25, 0.3) is 0 Å². The van der Waals surface area contributed by atoms with E-state index in [1.807, 2.05) is 12.1 Å². The van der Waals surface area contributed by atoms with E-state index in [4.69, 9.17) is 0 Å². The van der Waals surface area contributed by atoms with Crippen molar-refractivity contribution in [3.8, 4) is 0 Å². The third-order valence-corrected chi connectivity index (χ3v) is 2.38. The van der Waals surface area contributed by atoms with Crippen LogP contribution in [-0.2, 0) is 6.42 Å². The Labute approximate surface area is 99.3 Å². The van der Waals surface area contributed by atoms with Crippen LogP contribution in [0.1, 0.15) is 24.8 Å². The van der Waals surface area contributed by atoms with Gasteiger partial charge in [0.15, 0.2) is 0 Å². The first-order valence-corrected chi connectivity index (χ1v) is 5.74. The quantitative estimate of drug-likeness (QED) is 0.748. The summed E-state index contributed by atoms with van der Waals surface area (Å²) in [5.74, 6) is 0. The molecule has 0 radical (unpaired) electrons. The number of rotatable bonds is 7. The van der Waals surface area contributed by atoms with Crippen molar-refractivity contribution in [2.45, 2.75) is 31.9 Å². The summed E-state index contributed by atoms with van der Waals surface area (Å²) in [4.78, 5) is 3.99. The van der Waals surface area contributed by atoms with E-state index in [-0.39, 0.29) is 6.42 Å². The second kappa shape index (κ2) is 7.27. The van der Waals surface area contributed by atoms with Gasteiger partial charge in [0, 0.05) is 18.8 Å². The Balaban J connectivity index is 1.95. The molecule has 17 heavy (non-hydrogen) atoms. The van der Waals surface area contributed by atoms with E-state index in [1.165, 1.54) is 0 Å². The van der Waals surface area contributed by atoms with Crippen molar-refractivity contribution in [2.75, 3.05) is 13.1 Å². The molecule has 0 aliphatic rings. The smallest absolute Gasteiger partial charge is 0.316 e. The molecule has 0 spiro atoms. The van der Waals surface area contributed by atoms with Crippen molar-refractivity contribution in [3.63, 3.8) is 0 Å². The molecular weight excluding hydrogens is 229 g/mol. The van der Waals surface area contributed by atoms with Gasteiger partial charge in [-0.15, -0.1) is 0 Å². The Hall–Kier alpha value is -1.10. The normalized spacial score (nSPS) is 11.7. The number of hydrogen-bond acceptors (Lipinski definition) is 2. The van der Waals surface area contributed by atoms with Crippen molar-refractivity contribution in [3.05, 3.63) is 30.1 Å². The number of nitrogens with zero attached hydrogens (tertiary/aromatic N) is 1. The molecule has 5 heteroatoms. The Morgan fingerprint density at radius 1 is 1.18 bits per heavy atom. The van der Waals surface area contributed by atoms with Gasteiger partial charge in [-0.25, -0.2) is 0 Å². The van der Waals surface area contributed by atoms with E-state index in [9.17, 15) is 13.2 Å². The lowest BCUT2D eigenvalue weighted by atomic mass is 10.2. The molecule has 0 saturated heterocycles. The van der Waals surface area contributed by atoms with Gasteiger partial charge in [-0.3, -0.25) is 4.98 Å². The lowest BCUT2D eigenvalue weighted by molar-refractivity contribution is -0.135. The van der Waals surface area contributed by atoms with Gasteiger partial charge < -0.3 is 5.32 Å². The van der Waals surface area contributed by atoms with Gasteiger partial charge in [0.05, 0.1) is 0 Å². The number of unbranched alkanes of at least 4 members (excludes halogenated alkanes) is 1. The highest BCUT2D eigenvalue weighted by Crippen LogP contribution is 2.21. The third-order valence-electron chi connectivity index (χ3n) is 2.38. The number of hydrogen-bond donors (Lipinski definition) is 1. The van der Waals surface area contributed by atoms with E-state index < -0.39 is 12.6 Å². The van der Waals surface area contributed by atoms with Crippen LogP contribution in [0.4, 0.5) is 13.2 Å². The first kappa shape index (κ1) is 14.0. The average molecular weight is 246 g/mol. The molecule has 0 aliphatic carbocycles. The molecule has 0 aliphatic heterocycles. The molecule has 96 valence electrons. The number of alkyl halides is 3. The highest BCUT2D eigenvalue weighted by Gasteiger charge is 2.25. The van der Waals surface area contributed by atoms with Crippen molar-refractivity contribution >= 4 is 0 Å². The van der Waals surface area contributed by atoms with Crippen molar-refractivity contribution < 1.29 is 13.2 Å². The maximum Gasteiger partial charge on any atom is 0.389 e. The van der Waals surface area contributed by atoms with Gasteiger partial charge >= 0.3 is 6.18 Å². The van der Waals surface area contributed by atoms with E-state index in [2.05, 4.69) is 10.3 Å². The van der Waals surface area contributed by atoms with Crippen LogP contribution in [0.2, 0.25) is 0 Å². The Kier molecular flexibility index (Phi) is 5.97. The van der Waals surface area contributed by atoms with Crippen molar-refractivity contribution in [2.24, 2.45) is 0 Å². The van der Waals surface area contributed by atoms with Gasteiger partial charge in [-0.1, -0.05) is 6.07 Å². The molecule has 0 unspecified atom stereocenters. The zero-order valence-electron chi connectivity index (χ0n) is 9.63. The SMILES string of the molecule is FC(F)(F)CCCCNCCc1cccnc1. The Bertz CT molecular complexity index is 298. The summed E-state index contributed by atoms with van der Waals surface area (Å²) >= 11 is 0. The molecule has 1 N–H and O–H groups in total. The van der Waals surface area contributed by atoms with Crippen LogP contribution in [0, 0.1) is 0 Å². The Morgan fingerprint density at radius 3 is 2.65 bits per heavy atom. The number of nitrogens with one attached hydrogen (secondary N) is 1. The molecular formula is C12H17F3N2. The minimum Gasteiger partial charge on any atom is -0.316 e. The fourth-order valence-corrected chi connectivity index (χ4v) is 1.48. The third kappa shape index (κ3) is 7.74. The molecule has 0 saturated carbocycles. The second-order valence-corrected chi connectivity index (χ2v) is 3.93. The number of pyridine rings is 1. The fraction of sp³-hybridized carbons (Fsp3) is 0.583. The predicted molar refractivity (Wildman–Crippen MR) is 60.7 cm³/mol. The van der Waals surface area contributed by atoms with Crippen molar-refractivity contribution in [1.29, 1.82) is 0 Å². The highest BCUT2D eigenvalue weighted by atomic mass is 19.4. The van der Waals surface area contributed by atoms with Crippen LogP contribution in [0.3, 0.4) is 0 Å². The van der Waals surface area contributed by atoms with Crippen LogP contribution in [-0.4, -0.2) is 24.2 Å². The molecule has 2 nitrogen and oxygen atoms in total. The standard InChI is InChI=1S/C12H17F3N2/c13-12(14,15)6-1-2-7-16-9-5-11-4-3-8-17-10-11/h3-4,8,10,16H,1-2,5-7,9H2. The van der Waals surface area contributed by atoms with Crippen LogP contribution in [0.15, 0.2) is 24.5 Å². The summed E-state index contributed by atoms with van der Waals surface area (Å²) in [6.45, 7) is 1.41. The first-order chi connectivity index (χ1) is 8.08. The lowest BCUT2D eigenvalue weighted by Crippen LogP contribution is -2.19. The van der Waals surface area contributed by atoms with E-state index in [0.29, 0.717) is 13.0 Å². The summed E-state index contributed by atoms with van der Waals surface area (Å²) in [5, 5.41) is 3.12. The number of halogens is 3. The summed E-state index contributed by atoms with van der Waals surface area (Å²) in [6, 6.07) is 3.86. The van der Waals surface area contributed by atoms with E-state index in [0.717, 1.165) is 18.5 Å². The first-order valence-electron chi connectivity index (χ1n) is 5.74. The predicted octanol–water partition coefficient (Wildman–Crippen LogP) is 2.95. The molecule has 0 amide bonds. The van der Waals surface area contributed by atoms with Crippen molar-refractivity contribution in [1.82, 2.24) is 10.3 Å². The summed E-state index contributed by atoms with van der Waals surface area (Å²) in [5.41, 5.74) is 1.13. The van der Waals surface area contributed by atoms with E-state index >= 15 is 0 Å². The Morgan fingerprint density at radius 2 is 2.00 bits per heavy atom. The second-order valence-electron chi connectivity index (χ2n) is 3.93. The zero-order valence-corrected chi connectivity index (χ0v) is 9.63. The summed E-state index contributed by atoms with van der Waals surface area (Å²) in [6.07, 6.45) is 0.426. The van der Waals surface area contributed by atoms with Gasteiger partial charge in [0.25, 0.3) is 0 Å². The minimum absolute atomic E-state index is 0.198. The largest absolute Gasteiger partial charge is 0.389 e. The monoisotopic (exact) mass is 246 g/mol. The molecule has 1 aromatic heterocycles. The fourth-order valence-electron chi connectivity index (χ4n) is 1.48. The van der Waals surface area contributed by atoms with Crippen LogP contribution in [0.5, 0.6) is 0 Å². The molecule has 0 atom stereocenters. The summed E-state index contributed by atoms with van der Waals surface area (Å²) < 4.78 is 35.5. The molecule has 0 fully saturated rings. The maximum atomic E-state index is 11.8. The van der Waals surface area contributed by atoms with Gasteiger partial charge in [-0.2, -0.15) is 13.2 Å². The maximum absolute atomic E-state index is 11.8. The number of aromatic nitrogens is 1. The van der Waals surface area contributed by atoms with Gasteiger partial charge in [0.2, 0.25) is 0 Å². The summed E-state index contributed by atoms with van der Waals surface area (Å²) in [7, 11) is 0. The zero-order chi connectivity index (χ0) is 12.6. The molecule has 0 aromatic carbocycles. The highest BCUT2D eigenvalue weighted by molar-refractivity contribution is 5.08. The average Bonchev–Trinajstić information content (AvgIpc) is 2.28. The topological polar surface area (TPSA) is 24.9 Å². The minimum atomic E-state index is -4.02. The molecule has 0 bridgehead atoms. The van der Waals surface area contributed by atoms with Gasteiger partial charge in [-0.05, 0) is 44.0 Å². The lowest BCUT2D eigenvalue weighted by Gasteiger charge is -2.06. The van der Waals surface area contributed by atoms with Crippen LogP contribution < -0.4 is 5.32 Å². The van der Waals surface area contributed by atoms with Crippen LogP contribution >= 0.6 is 0 Å². The molecule has 1 heterocycles. The van der Waals surface area contributed by atoms with E-state index in [1.54, 1.807) is 12.4 Å². The molecule has 1 rings (SSSR count).